The van der Waals surface area contributed by atoms with E-state index in [2.05, 4.69) is 6.92 Å². The van der Waals surface area contributed by atoms with E-state index in [0.29, 0.717) is 19.3 Å². The summed E-state index contributed by atoms with van der Waals surface area (Å²) in [4.78, 5) is 0. The fraction of sp³-hybridized carbons (Fsp3) is 1.00. The van der Waals surface area contributed by atoms with Gasteiger partial charge in [0.25, 0.3) is 5.97 Å². The Morgan fingerprint density at radius 3 is 2.20 bits per heavy atom. The number of ether oxygens (including phenoxy) is 5. The Hall–Kier alpha value is -0.200. The number of methoxy groups -OCH3 is 2. The predicted octanol–water partition coefficient (Wildman–Crippen LogP) is 4.53. The Morgan fingerprint density at radius 1 is 0.960 bits per heavy atom. The fourth-order valence-electron chi connectivity index (χ4n) is 3.33. The average Bonchev–Trinajstić information content (AvgIpc) is 3.45. The van der Waals surface area contributed by atoms with Crippen molar-refractivity contribution in [3.05, 3.63) is 0 Å². The molecule has 0 aliphatic carbocycles. The van der Waals surface area contributed by atoms with Crippen LogP contribution in [0.25, 0.3) is 0 Å². The van der Waals surface area contributed by atoms with Crippen molar-refractivity contribution in [3.63, 3.8) is 0 Å². The van der Waals surface area contributed by atoms with Gasteiger partial charge in [0.2, 0.25) is 0 Å². The van der Waals surface area contributed by atoms with Gasteiger partial charge in [0.15, 0.2) is 0 Å². The highest BCUT2D eigenvalue weighted by Gasteiger charge is 2.40. The van der Waals surface area contributed by atoms with Crippen LogP contribution in [0.4, 0.5) is 0 Å². The highest BCUT2D eigenvalue weighted by Crippen LogP contribution is 2.33. The molecule has 0 saturated carbocycles. The van der Waals surface area contributed by atoms with Crippen LogP contribution < -0.4 is 0 Å². The van der Waals surface area contributed by atoms with Crippen molar-refractivity contribution in [2.24, 2.45) is 5.92 Å². The molecule has 0 spiro atoms. The van der Waals surface area contributed by atoms with Crippen molar-refractivity contribution >= 4 is 0 Å². The molecule has 1 fully saturated rings. The summed E-state index contributed by atoms with van der Waals surface area (Å²) in [6.45, 7) is 7.12. The van der Waals surface area contributed by atoms with Crippen LogP contribution in [0, 0.1) is 5.92 Å². The maximum absolute atomic E-state index is 5.89. The second-order valence-corrected chi connectivity index (χ2v) is 6.87. The molecule has 0 aromatic rings. The van der Waals surface area contributed by atoms with Crippen LogP contribution in [0.1, 0.15) is 71.6 Å². The largest absolute Gasteiger partial charge is 0.379 e. The molecule has 1 heterocycles. The first-order valence-electron chi connectivity index (χ1n) is 10.2. The molecule has 0 aromatic heterocycles. The summed E-state index contributed by atoms with van der Waals surface area (Å²) in [7, 11) is 3.35. The molecule has 0 radical (unpaired) electrons. The van der Waals surface area contributed by atoms with Crippen LogP contribution in [0.3, 0.4) is 0 Å². The van der Waals surface area contributed by atoms with Gasteiger partial charge in [-0.05, 0) is 26.2 Å². The van der Waals surface area contributed by atoms with E-state index in [-0.39, 0.29) is 5.92 Å². The molecular formula is C20H40O5. The average molecular weight is 361 g/mol. The Bertz CT molecular complexity index is 302. The number of rotatable bonds is 18. The van der Waals surface area contributed by atoms with Crippen LogP contribution in [0.15, 0.2) is 0 Å². The lowest BCUT2D eigenvalue weighted by Gasteiger charge is -2.37. The van der Waals surface area contributed by atoms with Gasteiger partial charge in [-0.2, -0.15) is 0 Å². The van der Waals surface area contributed by atoms with Gasteiger partial charge in [-0.3, -0.25) is 0 Å². The van der Waals surface area contributed by atoms with Crippen molar-refractivity contribution in [2.75, 3.05) is 40.6 Å². The highest BCUT2D eigenvalue weighted by atomic mass is 16.9. The van der Waals surface area contributed by atoms with Gasteiger partial charge in [-0.15, -0.1) is 0 Å². The monoisotopic (exact) mass is 360 g/mol. The standard InChI is InChI=1S/C20H40O5/c1-5-7-8-9-10-11-13-18(20(21-3,22-4)25-6-2)14-12-15-23-16-19-17-24-19/h18-19H,5-17H2,1-4H3. The summed E-state index contributed by atoms with van der Waals surface area (Å²) in [6.07, 6.45) is 11.1. The topological polar surface area (TPSA) is 49.5 Å². The molecule has 1 saturated heterocycles. The summed E-state index contributed by atoms with van der Waals surface area (Å²) in [5, 5.41) is 0. The smallest absolute Gasteiger partial charge is 0.285 e. The molecule has 1 aliphatic heterocycles. The van der Waals surface area contributed by atoms with Crippen LogP contribution >= 0.6 is 0 Å². The van der Waals surface area contributed by atoms with Crippen LogP contribution in [0.2, 0.25) is 0 Å². The van der Waals surface area contributed by atoms with E-state index in [4.69, 9.17) is 23.7 Å². The van der Waals surface area contributed by atoms with E-state index in [1.54, 1.807) is 14.2 Å². The molecule has 25 heavy (non-hydrogen) atoms. The van der Waals surface area contributed by atoms with Crippen molar-refractivity contribution in [2.45, 2.75) is 83.7 Å². The Kier molecular flexibility index (Phi) is 12.7. The Labute approximate surface area is 154 Å². The minimum absolute atomic E-state index is 0.217. The lowest BCUT2D eigenvalue weighted by molar-refractivity contribution is -0.388. The zero-order chi connectivity index (χ0) is 18.4. The highest BCUT2D eigenvalue weighted by molar-refractivity contribution is 4.72. The number of epoxide rings is 1. The first-order valence-corrected chi connectivity index (χ1v) is 10.2. The number of hydrogen-bond donors (Lipinski definition) is 0. The predicted molar refractivity (Wildman–Crippen MR) is 99.7 cm³/mol. The molecule has 0 bridgehead atoms. The lowest BCUT2D eigenvalue weighted by atomic mass is 9.93. The maximum Gasteiger partial charge on any atom is 0.285 e. The van der Waals surface area contributed by atoms with E-state index in [0.717, 1.165) is 32.5 Å². The van der Waals surface area contributed by atoms with Crippen LogP contribution in [-0.4, -0.2) is 52.7 Å². The molecule has 1 rings (SSSR count). The SMILES string of the molecule is CCCCCCCCC(CCCOCC1CO1)C(OC)(OC)OCC. The molecular weight excluding hydrogens is 320 g/mol. The van der Waals surface area contributed by atoms with Gasteiger partial charge < -0.3 is 23.7 Å². The van der Waals surface area contributed by atoms with Crippen molar-refractivity contribution in [1.82, 2.24) is 0 Å². The van der Waals surface area contributed by atoms with Gasteiger partial charge in [0.05, 0.1) is 13.2 Å². The van der Waals surface area contributed by atoms with Crippen LogP contribution in [-0.2, 0) is 23.7 Å². The summed E-state index contributed by atoms with van der Waals surface area (Å²) in [6, 6.07) is 0. The molecule has 2 unspecified atom stereocenters. The maximum atomic E-state index is 5.89. The molecule has 1 aliphatic rings. The summed E-state index contributed by atoms with van der Waals surface area (Å²) < 4.78 is 28.1. The second kappa shape index (κ2) is 13.9. The second-order valence-electron chi connectivity index (χ2n) is 6.87. The number of unbranched alkanes of at least 4 members (excludes halogenated alkanes) is 5. The first-order chi connectivity index (χ1) is 12.2. The Balaban J connectivity index is 2.39. The Morgan fingerprint density at radius 2 is 1.60 bits per heavy atom. The van der Waals surface area contributed by atoms with Gasteiger partial charge in [-0.25, -0.2) is 0 Å². The summed E-state index contributed by atoms with van der Waals surface area (Å²) in [5.41, 5.74) is 0. The third-order valence-electron chi connectivity index (χ3n) is 4.87. The van der Waals surface area contributed by atoms with Gasteiger partial charge >= 0.3 is 0 Å². The van der Waals surface area contributed by atoms with Crippen LogP contribution in [0.5, 0.6) is 0 Å². The normalized spacial score (nSPS) is 18.5. The molecule has 0 aromatic carbocycles. The van der Waals surface area contributed by atoms with E-state index in [1.807, 2.05) is 6.92 Å². The zero-order valence-corrected chi connectivity index (χ0v) is 16.9. The van der Waals surface area contributed by atoms with Crippen molar-refractivity contribution in [1.29, 1.82) is 0 Å². The third kappa shape index (κ3) is 9.34. The molecule has 2 atom stereocenters. The minimum atomic E-state index is -0.933. The first kappa shape index (κ1) is 22.8. The molecule has 0 amide bonds. The summed E-state index contributed by atoms with van der Waals surface area (Å²) >= 11 is 0. The quantitative estimate of drug-likeness (QED) is 0.204. The van der Waals surface area contributed by atoms with Gasteiger partial charge in [-0.1, -0.05) is 45.4 Å². The minimum Gasteiger partial charge on any atom is -0.379 e. The fourth-order valence-corrected chi connectivity index (χ4v) is 3.33. The summed E-state index contributed by atoms with van der Waals surface area (Å²) in [5.74, 6) is -0.716. The van der Waals surface area contributed by atoms with E-state index < -0.39 is 5.97 Å². The van der Waals surface area contributed by atoms with Gasteiger partial charge in [0, 0.05) is 33.4 Å². The molecule has 5 nitrogen and oxygen atoms in total. The molecule has 5 heteroatoms. The zero-order valence-electron chi connectivity index (χ0n) is 16.9. The molecule has 150 valence electrons. The van der Waals surface area contributed by atoms with E-state index in [9.17, 15) is 0 Å². The lowest BCUT2D eigenvalue weighted by Crippen LogP contribution is -2.45. The van der Waals surface area contributed by atoms with Crippen molar-refractivity contribution < 1.29 is 23.7 Å². The molecule has 0 N–H and O–H groups in total. The van der Waals surface area contributed by atoms with Gasteiger partial charge in [0.1, 0.15) is 6.10 Å². The van der Waals surface area contributed by atoms with E-state index in [1.165, 1.54) is 38.5 Å². The van der Waals surface area contributed by atoms with E-state index >= 15 is 0 Å². The third-order valence-corrected chi connectivity index (χ3v) is 4.87. The number of hydrogen-bond acceptors (Lipinski definition) is 5. The van der Waals surface area contributed by atoms with Crippen molar-refractivity contribution in [3.8, 4) is 0 Å².